The third-order valence-electron chi connectivity index (χ3n) is 1.66. The molecule has 0 spiro atoms. The maximum Gasteiger partial charge on any atom is 0.217 e. The lowest BCUT2D eigenvalue weighted by atomic mass is 10.2. The molecule has 0 aromatic carbocycles. The molecule has 0 unspecified atom stereocenters. The van der Waals surface area contributed by atoms with Crippen LogP contribution in [0.2, 0.25) is 0 Å². The van der Waals surface area contributed by atoms with Gasteiger partial charge >= 0.3 is 0 Å². The fourth-order valence-corrected chi connectivity index (χ4v) is 0.930. The number of amides is 1. The SMILES string of the molecule is C=CC/C=C(\C=C/CC)CNC(C)=O. The van der Waals surface area contributed by atoms with Crippen LogP contribution in [-0.4, -0.2) is 12.5 Å². The largest absolute Gasteiger partial charge is 0.352 e. The Balaban J connectivity index is 4.16. The molecule has 0 atom stereocenters. The summed E-state index contributed by atoms with van der Waals surface area (Å²) in [7, 11) is 0. The van der Waals surface area contributed by atoms with Crippen LogP contribution in [0.5, 0.6) is 0 Å². The van der Waals surface area contributed by atoms with Gasteiger partial charge in [-0.05, 0) is 18.4 Å². The summed E-state index contributed by atoms with van der Waals surface area (Å²) in [6.07, 6.45) is 9.87. The van der Waals surface area contributed by atoms with E-state index < -0.39 is 0 Å². The van der Waals surface area contributed by atoms with Gasteiger partial charge in [0.1, 0.15) is 0 Å². The average molecular weight is 193 g/mol. The van der Waals surface area contributed by atoms with Crippen LogP contribution in [0.1, 0.15) is 26.7 Å². The third kappa shape index (κ3) is 7.35. The number of hydrogen-bond donors (Lipinski definition) is 1. The summed E-state index contributed by atoms with van der Waals surface area (Å²) in [5.74, 6) is -0.000554. The lowest BCUT2D eigenvalue weighted by Crippen LogP contribution is -2.21. The zero-order valence-electron chi connectivity index (χ0n) is 9.05. The van der Waals surface area contributed by atoms with Crippen LogP contribution in [-0.2, 0) is 4.79 Å². The highest BCUT2D eigenvalue weighted by Crippen LogP contribution is 1.99. The van der Waals surface area contributed by atoms with Crippen LogP contribution in [0.3, 0.4) is 0 Å². The number of rotatable bonds is 6. The molecule has 78 valence electrons. The summed E-state index contributed by atoms with van der Waals surface area (Å²) in [5.41, 5.74) is 1.13. The first-order valence-electron chi connectivity index (χ1n) is 4.91. The molecule has 1 amide bonds. The molecule has 2 heteroatoms. The Morgan fingerprint density at radius 2 is 2.21 bits per heavy atom. The van der Waals surface area contributed by atoms with E-state index in [2.05, 4.69) is 31.0 Å². The van der Waals surface area contributed by atoms with Crippen molar-refractivity contribution >= 4 is 5.91 Å². The molecule has 0 aliphatic rings. The molecule has 0 saturated carbocycles. The smallest absolute Gasteiger partial charge is 0.217 e. The normalized spacial score (nSPS) is 11.7. The van der Waals surface area contributed by atoms with Crippen molar-refractivity contribution in [2.45, 2.75) is 26.7 Å². The van der Waals surface area contributed by atoms with Crippen molar-refractivity contribution in [2.24, 2.45) is 0 Å². The van der Waals surface area contributed by atoms with Crippen LogP contribution in [0, 0.1) is 0 Å². The fraction of sp³-hybridized carbons (Fsp3) is 0.417. The van der Waals surface area contributed by atoms with Crippen LogP contribution in [0.15, 0.2) is 36.5 Å². The third-order valence-corrected chi connectivity index (χ3v) is 1.66. The number of carbonyl (C=O) groups is 1. The van der Waals surface area contributed by atoms with E-state index in [9.17, 15) is 4.79 Å². The summed E-state index contributed by atoms with van der Waals surface area (Å²) in [5, 5.41) is 2.77. The number of hydrogen-bond acceptors (Lipinski definition) is 1. The predicted molar refractivity (Wildman–Crippen MR) is 61.0 cm³/mol. The fourth-order valence-electron chi connectivity index (χ4n) is 0.930. The second-order valence-electron chi connectivity index (χ2n) is 3.02. The average Bonchev–Trinajstić information content (AvgIpc) is 2.16. The summed E-state index contributed by atoms with van der Waals surface area (Å²) in [6.45, 7) is 7.85. The highest BCUT2D eigenvalue weighted by molar-refractivity contribution is 5.73. The highest BCUT2D eigenvalue weighted by Gasteiger charge is 1.93. The summed E-state index contributed by atoms with van der Waals surface area (Å²) < 4.78 is 0. The van der Waals surface area contributed by atoms with Gasteiger partial charge in [0.05, 0.1) is 0 Å². The van der Waals surface area contributed by atoms with Crippen molar-refractivity contribution in [1.29, 1.82) is 0 Å². The maximum atomic E-state index is 10.7. The minimum absolute atomic E-state index is 0.000554. The summed E-state index contributed by atoms with van der Waals surface area (Å²) >= 11 is 0. The van der Waals surface area contributed by atoms with Crippen LogP contribution < -0.4 is 5.32 Å². The molecule has 0 saturated heterocycles. The van der Waals surface area contributed by atoms with Gasteiger partial charge in [-0.3, -0.25) is 4.79 Å². The van der Waals surface area contributed by atoms with Crippen LogP contribution in [0.4, 0.5) is 0 Å². The van der Waals surface area contributed by atoms with Gasteiger partial charge in [-0.15, -0.1) is 6.58 Å². The first kappa shape index (κ1) is 12.7. The zero-order valence-corrected chi connectivity index (χ0v) is 9.05. The first-order chi connectivity index (χ1) is 6.70. The molecule has 0 bridgehead atoms. The minimum atomic E-state index is -0.000554. The molecule has 0 fully saturated rings. The Hall–Kier alpha value is -1.31. The molecule has 2 nitrogen and oxygen atoms in total. The van der Waals surface area contributed by atoms with E-state index in [0.29, 0.717) is 6.54 Å². The number of allylic oxidation sites excluding steroid dienone is 3. The van der Waals surface area contributed by atoms with Crippen molar-refractivity contribution < 1.29 is 4.79 Å². The molecule has 0 aliphatic heterocycles. The summed E-state index contributed by atoms with van der Waals surface area (Å²) in [4.78, 5) is 10.7. The van der Waals surface area contributed by atoms with E-state index in [0.717, 1.165) is 18.4 Å². The Morgan fingerprint density at radius 1 is 1.50 bits per heavy atom. The van der Waals surface area contributed by atoms with Gasteiger partial charge in [-0.25, -0.2) is 0 Å². The van der Waals surface area contributed by atoms with Crippen molar-refractivity contribution in [3.05, 3.63) is 36.5 Å². The van der Waals surface area contributed by atoms with Gasteiger partial charge in [-0.1, -0.05) is 31.2 Å². The van der Waals surface area contributed by atoms with Gasteiger partial charge in [0.15, 0.2) is 0 Å². The van der Waals surface area contributed by atoms with Gasteiger partial charge in [-0.2, -0.15) is 0 Å². The van der Waals surface area contributed by atoms with Gasteiger partial charge < -0.3 is 5.32 Å². The molecular weight excluding hydrogens is 174 g/mol. The van der Waals surface area contributed by atoms with Crippen molar-refractivity contribution in [3.63, 3.8) is 0 Å². The van der Waals surface area contributed by atoms with Crippen molar-refractivity contribution in [3.8, 4) is 0 Å². The van der Waals surface area contributed by atoms with Crippen LogP contribution >= 0.6 is 0 Å². The second kappa shape index (κ2) is 8.30. The Labute approximate surface area is 86.4 Å². The van der Waals surface area contributed by atoms with Gasteiger partial charge in [0.2, 0.25) is 5.91 Å². The topological polar surface area (TPSA) is 29.1 Å². The van der Waals surface area contributed by atoms with Gasteiger partial charge in [0.25, 0.3) is 0 Å². The van der Waals surface area contributed by atoms with E-state index in [1.165, 1.54) is 6.92 Å². The van der Waals surface area contributed by atoms with Crippen molar-refractivity contribution in [1.82, 2.24) is 5.32 Å². The maximum absolute atomic E-state index is 10.7. The van der Waals surface area contributed by atoms with Crippen LogP contribution in [0.25, 0.3) is 0 Å². The molecule has 0 heterocycles. The van der Waals surface area contributed by atoms with E-state index in [1.807, 2.05) is 12.2 Å². The lowest BCUT2D eigenvalue weighted by molar-refractivity contribution is -0.118. The van der Waals surface area contributed by atoms with E-state index in [4.69, 9.17) is 0 Å². The first-order valence-corrected chi connectivity index (χ1v) is 4.91. The Morgan fingerprint density at radius 3 is 2.71 bits per heavy atom. The molecule has 0 radical (unpaired) electrons. The second-order valence-corrected chi connectivity index (χ2v) is 3.02. The molecular formula is C12H19NO. The molecule has 0 aromatic rings. The zero-order chi connectivity index (χ0) is 10.8. The Bertz CT molecular complexity index is 239. The van der Waals surface area contributed by atoms with Crippen molar-refractivity contribution in [2.75, 3.05) is 6.54 Å². The van der Waals surface area contributed by atoms with E-state index in [1.54, 1.807) is 0 Å². The molecule has 1 N–H and O–H groups in total. The van der Waals surface area contributed by atoms with E-state index >= 15 is 0 Å². The standard InChI is InChI=1S/C12H19NO/c1-4-6-8-12(9-7-5-2)10-13-11(3)14/h4,7-9H,1,5-6,10H2,2-3H3,(H,13,14)/b9-7-,12-8+. The summed E-state index contributed by atoms with van der Waals surface area (Å²) in [6, 6.07) is 0. The monoisotopic (exact) mass is 193 g/mol. The highest BCUT2D eigenvalue weighted by atomic mass is 16.1. The molecule has 14 heavy (non-hydrogen) atoms. The molecule has 0 aliphatic carbocycles. The number of nitrogens with one attached hydrogen (secondary N) is 1. The number of carbonyl (C=O) groups excluding carboxylic acids is 1. The van der Waals surface area contributed by atoms with E-state index in [-0.39, 0.29) is 5.91 Å². The predicted octanol–water partition coefficient (Wildman–Crippen LogP) is 2.59. The lowest BCUT2D eigenvalue weighted by Gasteiger charge is -2.02. The van der Waals surface area contributed by atoms with Gasteiger partial charge in [0, 0.05) is 13.5 Å². The quantitative estimate of drug-likeness (QED) is 0.510. The molecule has 0 rings (SSSR count). The minimum Gasteiger partial charge on any atom is -0.352 e. The Kier molecular flexibility index (Phi) is 7.52. The molecule has 0 aromatic heterocycles.